The number of thiazole rings is 1. The average Bonchev–Trinajstić information content (AvgIpc) is 3.01. The number of nitrogens with one attached hydrogen (secondary N) is 1. The van der Waals surface area contributed by atoms with Gasteiger partial charge in [-0.05, 0) is 0 Å². The fourth-order valence-corrected chi connectivity index (χ4v) is 4.65. The smallest absolute Gasteiger partial charge is 0.543 e. The van der Waals surface area contributed by atoms with E-state index in [2.05, 4.69) is 10.3 Å². The van der Waals surface area contributed by atoms with Gasteiger partial charge in [-0.15, -0.1) is 23.1 Å². The maximum absolute atomic E-state index is 12.4. The Morgan fingerprint density at radius 2 is 2.18 bits per heavy atom. The van der Waals surface area contributed by atoms with Crippen molar-refractivity contribution in [3.8, 4) is 0 Å². The molecule has 3 rings (SSSR count). The van der Waals surface area contributed by atoms with Gasteiger partial charge in [-0.2, -0.15) is 0 Å². The second kappa shape index (κ2) is 9.27. The zero-order chi connectivity index (χ0) is 19.7. The third kappa shape index (κ3) is 4.69. The molecule has 3 N–H and O–H groups in total. The predicted octanol–water partition coefficient (Wildman–Crippen LogP) is -4.76. The number of nitrogens with two attached hydrogens (primary N) is 1. The van der Waals surface area contributed by atoms with Gasteiger partial charge in [-0.1, -0.05) is 0 Å². The molecule has 1 aromatic rings. The molecule has 0 aliphatic carbocycles. The molecule has 0 aromatic carbocycles. The van der Waals surface area contributed by atoms with Crippen molar-refractivity contribution in [2.24, 2.45) is 0 Å². The second-order valence-electron chi connectivity index (χ2n) is 5.83. The molecule has 13 heteroatoms. The number of anilines is 1. The van der Waals surface area contributed by atoms with Crippen molar-refractivity contribution in [2.45, 2.75) is 24.8 Å². The molecule has 1 fully saturated rings. The van der Waals surface area contributed by atoms with E-state index in [9.17, 15) is 24.3 Å². The molecule has 28 heavy (non-hydrogen) atoms. The molecule has 1 unspecified atom stereocenters. The maximum atomic E-state index is 12.4. The number of rotatable bonds is 6. The van der Waals surface area contributed by atoms with Crippen molar-refractivity contribution in [1.82, 2.24) is 15.2 Å². The van der Waals surface area contributed by atoms with Crippen LogP contribution >= 0.6 is 23.1 Å². The molecule has 1 aromatic heterocycles. The number of nitrogens with zero attached hydrogens (tertiary/aromatic N) is 2. The van der Waals surface area contributed by atoms with Gasteiger partial charge in [-0.25, -0.2) is 4.98 Å². The fourth-order valence-electron chi connectivity index (χ4n) is 2.76. The molecule has 1 saturated heterocycles. The van der Waals surface area contributed by atoms with Crippen molar-refractivity contribution in [3.63, 3.8) is 0 Å². The summed E-state index contributed by atoms with van der Waals surface area (Å²) in [6, 6.07) is -0.844. The minimum Gasteiger partial charge on any atom is -0.543 e. The number of β-lactam (4-membered cyclic amide) rings is 1. The van der Waals surface area contributed by atoms with Crippen LogP contribution in [0.4, 0.5) is 5.13 Å². The van der Waals surface area contributed by atoms with Crippen LogP contribution in [0.3, 0.4) is 0 Å². The third-order valence-corrected chi connectivity index (χ3v) is 5.98. The zero-order valence-corrected chi connectivity index (χ0v) is 18.7. The molecule has 2 atom stereocenters. The van der Waals surface area contributed by atoms with E-state index in [0.29, 0.717) is 10.8 Å². The summed E-state index contributed by atoms with van der Waals surface area (Å²) in [6.07, 6.45) is -0.0320. The van der Waals surface area contributed by atoms with Crippen molar-refractivity contribution in [3.05, 3.63) is 22.3 Å². The average molecular weight is 434 g/mol. The molecule has 0 bridgehead atoms. The maximum Gasteiger partial charge on any atom is 1.00 e. The van der Waals surface area contributed by atoms with Gasteiger partial charge in [0.1, 0.15) is 18.0 Å². The monoisotopic (exact) mass is 434 g/mol. The molecular weight excluding hydrogens is 419 g/mol. The van der Waals surface area contributed by atoms with Gasteiger partial charge in [0, 0.05) is 23.6 Å². The Hall–Kier alpha value is -1.60. The number of hydrogen-bond donors (Lipinski definition) is 2. The summed E-state index contributed by atoms with van der Waals surface area (Å²) in [5.41, 5.74) is 5.99. The largest absolute Gasteiger partial charge is 1.00 e. The molecule has 10 nitrogen and oxygen atoms in total. The van der Waals surface area contributed by atoms with Crippen LogP contribution in [0.25, 0.3) is 0 Å². The van der Waals surface area contributed by atoms with E-state index >= 15 is 0 Å². The molecule has 2 amide bonds. The Morgan fingerprint density at radius 3 is 2.75 bits per heavy atom. The number of fused-ring (bicyclic) bond motifs is 1. The van der Waals surface area contributed by atoms with Crippen molar-refractivity contribution in [2.75, 3.05) is 18.1 Å². The first-order valence-corrected chi connectivity index (χ1v) is 9.71. The number of carboxylic acids is 1. The Kier molecular flexibility index (Phi) is 7.51. The van der Waals surface area contributed by atoms with Gasteiger partial charge >= 0.3 is 35.5 Å². The second-order valence-corrected chi connectivity index (χ2v) is 7.82. The molecule has 0 spiro atoms. The number of thioether (sulfide) groups is 1. The van der Waals surface area contributed by atoms with Gasteiger partial charge in [0.15, 0.2) is 5.13 Å². The number of hydrogen-bond acceptors (Lipinski definition) is 10. The summed E-state index contributed by atoms with van der Waals surface area (Å²) in [5.74, 6) is -2.82. The SMILES string of the molecule is CC(=O)OCC1=C(C(=O)[O-])N2C(=O)C(NC(=O)Cc3csc(N)n3)[C@H]2SC1.[Na+]. The van der Waals surface area contributed by atoms with E-state index in [1.54, 1.807) is 5.38 Å². The van der Waals surface area contributed by atoms with Crippen molar-refractivity contribution in [1.29, 1.82) is 0 Å². The van der Waals surface area contributed by atoms with Gasteiger partial charge in [-0.3, -0.25) is 19.3 Å². The summed E-state index contributed by atoms with van der Waals surface area (Å²) >= 11 is 2.48. The number of carbonyl (C=O) groups is 4. The Labute approximate surface area is 190 Å². The summed E-state index contributed by atoms with van der Waals surface area (Å²) in [6.45, 7) is 0.971. The van der Waals surface area contributed by atoms with Crippen LogP contribution in [0.1, 0.15) is 12.6 Å². The minimum atomic E-state index is -1.53. The number of carboxylic acid groups (broad SMARTS) is 1. The van der Waals surface area contributed by atoms with Crippen LogP contribution in [0.5, 0.6) is 0 Å². The molecule has 0 saturated carbocycles. The predicted molar refractivity (Wildman–Crippen MR) is 93.9 cm³/mol. The van der Waals surface area contributed by atoms with Gasteiger partial charge < -0.3 is 25.7 Å². The van der Waals surface area contributed by atoms with Crippen LogP contribution in [-0.4, -0.2) is 57.4 Å². The van der Waals surface area contributed by atoms with Crippen molar-refractivity contribution < 1.29 is 58.6 Å². The number of carbonyl (C=O) groups excluding carboxylic acids is 4. The first-order chi connectivity index (χ1) is 12.8. The Bertz CT molecular complexity index is 857. The molecule has 3 heterocycles. The van der Waals surface area contributed by atoms with E-state index in [1.165, 1.54) is 30.0 Å². The quantitative estimate of drug-likeness (QED) is 0.255. The fraction of sp³-hybridized carbons (Fsp3) is 0.400. The standard InChI is InChI=1S/C15H16N4O6S2.Na/c1-6(20)25-3-7-4-26-13-10(12(22)19(13)11(7)14(23)24)18-9(21)2-8-5-27-15(16)17-8;/h5,10,13H,2-4H2,1H3,(H2,16,17)(H,18,21)(H,23,24);/q;+1/p-1/t10?,13-;/m1./s1. The van der Waals surface area contributed by atoms with E-state index < -0.39 is 35.2 Å². The van der Waals surface area contributed by atoms with Gasteiger partial charge in [0.05, 0.1) is 23.8 Å². The summed E-state index contributed by atoms with van der Waals surface area (Å²) in [7, 11) is 0. The molecule has 0 radical (unpaired) electrons. The topological polar surface area (TPSA) is 155 Å². The van der Waals surface area contributed by atoms with E-state index in [-0.39, 0.29) is 59.6 Å². The van der Waals surface area contributed by atoms with Crippen LogP contribution in [0.2, 0.25) is 0 Å². The van der Waals surface area contributed by atoms with Crippen LogP contribution in [0, 0.1) is 0 Å². The van der Waals surface area contributed by atoms with E-state index in [0.717, 1.165) is 4.90 Å². The molecule has 2 aliphatic rings. The normalized spacial score (nSPS) is 20.6. The Morgan fingerprint density at radius 1 is 1.46 bits per heavy atom. The van der Waals surface area contributed by atoms with Crippen LogP contribution in [-0.2, 0) is 30.3 Å². The number of nitrogen functional groups attached to an aromatic ring is 1. The molecular formula is C15H15N4NaO6S2. The van der Waals surface area contributed by atoms with Gasteiger partial charge in [0.25, 0.3) is 5.91 Å². The van der Waals surface area contributed by atoms with E-state index in [4.69, 9.17) is 10.5 Å². The van der Waals surface area contributed by atoms with Gasteiger partial charge in [0.2, 0.25) is 5.91 Å². The minimum absolute atomic E-state index is 0. The summed E-state index contributed by atoms with van der Waals surface area (Å²) in [5, 5.41) is 15.5. The van der Waals surface area contributed by atoms with Crippen molar-refractivity contribution >= 4 is 52.0 Å². The third-order valence-electron chi connectivity index (χ3n) is 3.92. The first-order valence-electron chi connectivity index (χ1n) is 7.78. The molecule has 144 valence electrons. The number of amides is 2. The molecule has 2 aliphatic heterocycles. The number of aliphatic carboxylic acids is 1. The Balaban J connectivity index is 0.00000280. The summed E-state index contributed by atoms with van der Waals surface area (Å²) < 4.78 is 4.84. The number of esters is 1. The van der Waals surface area contributed by atoms with Crippen LogP contribution in [0.15, 0.2) is 16.7 Å². The van der Waals surface area contributed by atoms with E-state index in [1.807, 2.05) is 0 Å². The number of aromatic nitrogens is 1. The first kappa shape index (κ1) is 22.7. The van der Waals surface area contributed by atoms with Crippen LogP contribution < -0.4 is 45.7 Å². The summed E-state index contributed by atoms with van der Waals surface area (Å²) in [4.78, 5) is 52.1. The zero-order valence-electron chi connectivity index (χ0n) is 15.1. The number of ether oxygens (including phenoxy) is 1.